The van der Waals surface area contributed by atoms with Crippen LogP contribution in [-0.4, -0.2) is 49.2 Å². The minimum absolute atomic E-state index is 0.732. The zero-order valence-corrected chi connectivity index (χ0v) is 15.0. The van der Waals surface area contributed by atoms with Crippen molar-refractivity contribution in [2.75, 3.05) is 54.0 Å². The highest BCUT2D eigenvalue weighted by Gasteiger charge is 2.21. The molecule has 5 heteroatoms. The van der Waals surface area contributed by atoms with Crippen LogP contribution in [0.25, 0.3) is 0 Å². The van der Waals surface area contributed by atoms with Gasteiger partial charge in [0.15, 0.2) is 0 Å². The van der Waals surface area contributed by atoms with Gasteiger partial charge in [-0.3, -0.25) is 0 Å². The summed E-state index contributed by atoms with van der Waals surface area (Å²) in [5.74, 6) is 2.70. The van der Waals surface area contributed by atoms with Crippen molar-refractivity contribution in [1.82, 2.24) is 9.97 Å². The number of rotatable bonds is 3. The predicted molar refractivity (Wildman–Crippen MR) is 104 cm³/mol. The zero-order valence-electron chi connectivity index (χ0n) is 15.0. The second kappa shape index (κ2) is 7.30. The Hall–Kier alpha value is -2.30. The molecule has 2 saturated heterocycles. The summed E-state index contributed by atoms with van der Waals surface area (Å²) < 4.78 is 0. The molecule has 3 heterocycles. The van der Waals surface area contributed by atoms with E-state index in [9.17, 15) is 0 Å². The van der Waals surface area contributed by atoms with Crippen LogP contribution in [0.4, 0.5) is 17.5 Å². The Kier molecular flexibility index (Phi) is 4.72. The third-order valence-electron chi connectivity index (χ3n) is 5.29. The first-order valence-corrected chi connectivity index (χ1v) is 9.42. The molecule has 4 rings (SSSR count). The lowest BCUT2D eigenvalue weighted by molar-refractivity contribution is 0.442. The zero-order chi connectivity index (χ0) is 17.1. The van der Waals surface area contributed by atoms with Crippen LogP contribution in [0.5, 0.6) is 0 Å². The van der Waals surface area contributed by atoms with Crippen molar-refractivity contribution in [2.45, 2.75) is 19.8 Å². The fourth-order valence-corrected chi connectivity index (χ4v) is 3.87. The van der Waals surface area contributed by atoms with Crippen molar-refractivity contribution >= 4 is 17.5 Å². The number of hydrogen-bond donors (Lipinski definition) is 0. The maximum absolute atomic E-state index is 4.87. The van der Waals surface area contributed by atoms with Gasteiger partial charge in [-0.2, -0.15) is 4.98 Å². The number of benzene rings is 1. The molecule has 2 fully saturated rings. The van der Waals surface area contributed by atoms with Crippen molar-refractivity contribution in [2.24, 2.45) is 5.92 Å². The van der Waals surface area contributed by atoms with Gasteiger partial charge in [0.1, 0.15) is 5.82 Å². The van der Waals surface area contributed by atoms with Gasteiger partial charge in [-0.25, -0.2) is 4.98 Å². The van der Waals surface area contributed by atoms with Gasteiger partial charge in [0.05, 0.1) is 0 Å². The molecule has 25 heavy (non-hydrogen) atoms. The van der Waals surface area contributed by atoms with Crippen molar-refractivity contribution in [3.63, 3.8) is 0 Å². The largest absolute Gasteiger partial charge is 0.368 e. The van der Waals surface area contributed by atoms with Gasteiger partial charge in [0.2, 0.25) is 5.95 Å². The summed E-state index contributed by atoms with van der Waals surface area (Å²) in [6.45, 7) is 8.54. The van der Waals surface area contributed by atoms with Crippen LogP contribution in [0.2, 0.25) is 0 Å². The molecule has 0 radical (unpaired) electrons. The van der Waals surface area contributed by atoms with Crippen LogP contribution in [0.1, 0.15) is 19.8 Å². The quantitative estimate of drug-likeness (QED) is 0.860. The van der Waals surface area contributed by atoms with Crippen molar-refractivity contribution < 1.29 is 0 Å². The summed E-state index contributed by atoms with van der Waals surface area (Å²) >= 11 is 0. The van der Waals surface area contributed by atoms with Gasteiger partial charge in [-0.15, -0.1) is 0 Å². The average molecular weight is 337 g/mol. The SMILES string of the molecule is CC1CCCN(c2nccc(N3CCN(c4ccccc4)CC3)n2)C1. The first-order chi connectivity index (χ1) is 12.3. The van der Waals surface area contributed by atoms with Crippen molar-refractivity contribution in [3.05, 3.63) is 42.6 Å². The average Bonchev–Trinajstić information content (AvgIpc) is 2.69. The van der Waals surface area contributed by atoms with Crippen molar-refractivity contribution in [1.29, 1.82) is 0 Å². The summed E-state index contributed by atoms with van der Waals surface area (Å²) in [5, 5.41) is 0. The van der Waals surface area contributed by atoms with Crippen LogP contribution in [0.3, 0.4) is 0 Å². The first-order valence-electron chi connectivity index (χ1n) is 9.42. The van der Waals surface area contributed by atoms with Gasteiger partial charge < -0.3 is 14.7 Å². The summed E-state index contributed by atoms with van der Waals surface area (Å²) in [7, 11) is 0. The molecule has 0 aliphatic carbocycles. The minimum atomic E-state index is 0.732. The van der Waals surface area contributed by atoms with E-state index in [4.69, 9.17) is 4.98 Å². The molecular weight excluding hydrogens is 310 g/mol. The van der Waals surface area contributed by atoms with Crippen LogP contribution < -0.4 is 14.7 Å². The van der Waals surface area contributed by atoms with E-state index in [-0.39, 0.29) is 0 Å². The van der Waals surface area contributed by atoms with Crippen LogP contribution in [0, 0.1) is 5.92 Å². The lowest BCUT2D eigenvalue weighted by Gasteiger charge is -2.37. The molecule has 0 N–H and O–H groups in total. The summed E-state index contributed by atoms with van der Waals surface area (Å²) in [6, 6.07) is 12.7. The number of anilines is 3. The van der Waals surface area contributed by atoms with Crippen LogP contribution in [-0.2, 0) is 0 Å². The van der Waals surface area contributed by atoms with Crippen molar-refractivity contribution in [3.8, 4) is 0 Å². The van der Waals surface area contributed by atoms with Gasteiger partial charge in [0, 0.05) is 51.2 Å². The van der Waals surface area contributed by atoms with E-state index >= 15 is 0 Å². The summed E-state index contributed by atoms with van der Waals surface area (Å²) in [6.07, 6.45) is 4.47. The Morgan fingerprint density at radius 3 is 2.40 bits per heavy atom. The second-order valence-corrected chi connectivity index (χ2v) is 7.22. The molecule has 2 aromatic rings. The molecule has 2 aliphatic heterocycles. The minimum Gasteiger partial charge on any atom is -0.368 e. The molecule has 0 saturated carbocycles. The molecular formula is C20H27N5. The van der Waals surface area contributed by atoms with E-state index in [0.29, 0.717) is 0 Å². The number of para-hydroxylation sites is 1. The van der Waals surface area contributed by atoms with E-state index in [1.54, 1.807) is 0 Å². The normalized spacial score (nSPS) is 21.5. The smallest absolute Gasteiger partial charge is 0.227 e. The molecule has 0 bridgehead atoms. The Labute approximate surface area is 150 Å². The van der Waals surface area contributed by atoms with E-state index in [2.05, 4.69) is 63.0 Å². The second-order valence-electron chi connectivity index (χ2n) is 7.22. The number of hydrogen-bond acceptors (Lipinski definition) is 5. The van der Waals surface area contributed by atoms with Gasteiger partial charge in [-0.05, 0) is 37.0 Å². The molecule has 0 amide bonds. The third kappa shape index (κ3) is 3.70. The van der Waals surface area contributed by atoms with Gasteiger partial charge in [0.25, 0.3) is 0 Å². The number of piperazine rings is 1. The monoisotopic (exact) mass is 337 g/mol. The lowest BCUT2D eigenvalue weighted by Crippen LogP contribution is -2.47. The Morgan fingerprint density at radius 2 is 1.64 bits per heavy atom. The summed E-state index contributed by atoms with van der Waals surface area (Å²) in [5.41, 5.74) is 1.31. The van der Waals surface area contributed by atoms with E-state index in [1.807, 2.05) is 6.20 Å². The van der Waals surface area contributed by atoms with Gasteiger partial charge in [-0.1, -0.05) is 25.1 Å². The molecule has 132 valence electrons. The standard InChI is InChI=1S/C20H27N5/c1-17-6-5-11-25(16-17)20-21-10-9-19(22-20)24-14-12-23(13-15-24)18-7-3-2-4-8-18/h2-4,7-10,17H,5-6,11-16H2,1H3. The van der Waals surface area contributed by atoms with E-state index < -0.39 is 0 Å². The fraction of sp³-hybridized carbons (Fsp3) is 0.500. The summed E-state index contributed by atoms with van der Waals surface area (Å²) in [4.78, 5) is 16.6. The highest BCUT2D eigenvalue weighted by molar-refractivity contribution is 5.50. The Balaban J connectivity index is 1.42. The molecule has 1 aromatic carbocycles. The topological polar surface area (TPSA) is 35.5 Å². The molecule has 0 spiro atoms. The molecule has 1 aromatic heterocycles. The Bertz CT molecular complexity index is 681. The molecule has 1 atom stereocenters. The Morgan fingerprint density at radius 1 is 0.880 bits per heavy atom. The maximum atomic E-state index is 4.87. The fourth-order valence-electron chi connectivity index (χ4n) is 3.87. The number of aromatic nitrogens is 2. The van der Waals surface area contributed by atoms with E-state index in [0.717, 1.165) is 57.0 Å². The lowest BCUT2D eigenvalue weighted by atomic mass is 10.0. The van der Waals surface area contributed by atoms with Crippen LogP contribution in [0.15, 0.2) is 42.6 Å². The highest BCUT2D eigenvalue weighted by atomic mass is 15.3. The first kappa shape index (κ1) is 16.2. The van der Waals surface area contributed by atoms with E-state index in [1.165, 1.54) is 18.5 Å². The number of piperidine rings is 1. The molecule has 2 aliphatic rings. The maximum Gasteiger partial charge on any atom is 0.227 e. The molecule has 1 unspecified atom stereocenters. The third-order valence-corrected chi connectivity index (χ3v) is 5.29. The number of nitrogens with zero attached hydrogens (tertiary/aromatic N) is 5. The van der Waals surface area contributed by atoms with Gasteiger partial charge >= 0.3 is 0 Å². The highest BCUT2D eigenvalue weighted by Crippen LogP contribution is 2.23. The predicted octanol–water partition coefficient (Wildman–Crippen LogP) is 3.04. The molecule has 5 nitrogen and oxygen atoms in total. The van der Waals surface area contributed by atoms with Crippen LogP contribution >= 0.6 is 0 Å².